The van der Waals surface area contributed by atoms with Gasteiger partial charge in [0, 0.05) is 6.04 Å². The van der Waals surface area contributed by atoms with E-state index in [0.717, 1.165) is 0 Å². The summed E-state index contributed by atoms with van der Waals surface area (Å²) < 4.78 is 13.5. The quantitative estimate of drug-likeness (QED) is 0.580. The lowest BCUT2D eigenvalue weighted by Crippen LogP contribution is -2.31. The highest BCUT2D eigenvalue weighted by atomic mass is 19.1. The van der Waals surface area contributed by atoms with Crippen LogP contribution in [-0.2, 0) is 0 Å². The molecule has 0 spiro atoms. The molecule has 1 aliphatic rings. The minimum atomic E-state index is -0.538. The van der Waals surface area contributed by atoms with Crippen LogP contribution in [0.5, 0.6) is 0 Å². The first kappa shape index (κ1) is 13.8. The van der Waals surface area contributed by atoms with Crippen molar-refractivity contribution in [2.45, 2.75) is 33.7 Å². The van der Waals surface area contributed by atoms with E-state index in [-0.39, 0.29) is 34.0 Å². The summed E-state index contributed by atoms with van der Waals surface area (Å²) in [4.78, 5) is 12.2. The Bertz CT molecular complexity index is 511. The smallest absolute Gasteiger partial charge is 0.253 e. The van der Waals surface area contributed by atoms with Crippen molar-refractivity contribution in [2.75, 3.05) is 5.43 Å². The van der Waals surface area contributed by atoms with Gasteiger partial charge in [-0.15, -0.1) is 0 Å². The third-order valence-electron chi connectivity index (χ3n) is 4.70. The van der Waals surface area contributed by atoms with Crippen molar-refractivity contribution in [3.63, 3.8) is 0 Å². The maximum atomic E-state index is 13.5. The number of para-hydroxylation sites is 1. The van der Waals surface area contributed by atoms with E-state index in [1.807, 2.05) is 0 Å². The predicted octanol–water partition coefficient (Wildman–Crippen LogP) is 2.28. The molecule has 4 nitrogen and oxygen atoms in total. The van der Waals surface area contributed by atoms with E-state index in [1.165, 1.54) is 12.1 Å². The Balaban J connectivity index is 2.21. The van der Waals surface area contributed by atoms with Crippen LogP contribution in [0.2, 0.25) is 0 Å². The van der Waals surface area contributed by atoms with E-state index in [1.54, 1.807) is 6.07 Å². The summed E-state index contributed by atoms with van der Waals surface area (Å²) in [6.07, 6.45) is 0. The lowest BCUT2D eigenvalue weighted by Gasteiger charge is -2.11. The summed E-state index contributed by atoms with van der Waals surface area (Å²) in [5.74, 6) is 4.43. The SMILES string of the molecule is CC1(C)C(NC(=O)c2cccc(F)c2NN)C1(C)C. The fraction of sp³-hybridized carbons (Fsp3) is 0.500. The van der Waals surface area contributed by atoms with Gasteiger partial charge in [0.15, 0.2) is 0 Å². The lowest BCUT2D eigenvalue weighted by atomic mass is 10.0. The molecule has 1 aromatic rings. The molecule has 0 aliphatic heterocycles. The van der Waals surface area contributed by atoms with Crippen LogP contribution < -0.4 is 16.6 Å². The zero-order valence-corrected chi connectivity index (χ0v) is 11.7. The van der Waals surface area contributed by atoms with Gasteiger partial charge in [0.25, 0.3) is 5.91 Å². The standard InChI is InChI=1S/C14H20FN3O/c1-13(2)12(14(13,3)4)17-11(19)8-6-5-7-9(15)10(8)18-16/h5-7,12,18H,16H2,1-4H3,(H,17,19). The molecule has 0 heterocycles. The van der Waals surface area contributed by atoms with Gasteiger partial charge in [-0.25, -0.2) is 4.39 Å². The van der Waals surface area contributed by atoms with E-state index >= 15 is 0 Å². The number of nitrogen functional groups attached to an aromatic ring is 1. The third-order valence-corrected chi connectivity index (χ3v) is 4.70. The fourth-order valence-electron chi connectivity index (χ4n) is 2.63. The van der Waals surface area contributed by atoms with E-state index in [9.17, 15) is 9.18 Å². The Morgan fingerprint density at radius 3 is 2.32 bits per heavy atom. The van der Waals surface area contributed by atoms with Crippen molar-refractivity contribution in [3.8, 4) is 0 Å². The molecule has 0 atom stereocenters. The predicted molar refractivity (Wildman–Crippen MR) is 73.0 cm³/mol. The molecule has 0 bridgehead atoms. The number of carbonyl (C=O) groups excluding carboxylic acids is 1. The van der Waals surface area contributed by atoms with Gasteiger partial charge in [0.2, 0.25) is 0 Å². The van der Waals surface area contributed by atoms with Crippen molar-refractivity contribution in [2.24, 2.45) is 16.7 Å². The minimum absolute atomic E-state index is 0.0243. The molecular weight excluding hydrogens is 245 g/mol. The summed E-state index contributed by atoms with van der Waals surface area (Å²) in [7, 11) is 0. The number of rotatable bonds is 3. The van der Waals surface area contributed by atoms with E-state index in [0.29, 0.717) is 0 Å². The number of carbonyl (C=O) groups is 1. The van der Waals surface area contributed by atoms with Crippen LogP contribution >= 0.6 is 0 Å². The Hall–Kier alpha value is -1.62. The maximum Gasteiger partial charge on any atom is 0.253 e. The largest absolute Gasteiger partial charge is 0.348 e. The topological polar surface area (TPSA) is 67.2 Å². The van der Waals surface area contributed by atoms with Crippen LogP contribution in [-0.4, -0.2) is 11.9 Å². The van der Waals surface area contributed by atoms with Gasteiger partial charge in [-0.05, 0) is 23.0 Å². The molecule has 0 saturated heterocycles. The molecular formula is C14H20FN3O. The molecule has 5 heteroatoms. The number of nitrogens with two attached hydrogens (primary N) is 1. The Kier molecular flexibility index (Phi) is 3.05. The van der Waals surface area contributed by atoms with Crippen LogP contribution in [0.25, 0.3) is 0 Å². The monoisotopic (exact) mass is 265 g/mol. The first-order valence-electron chi connectivity index (χ1n) is 6.29. The highest BCUT2D eigenvalue weighted by Crippen LogP contribution is 2.62. The summed E-state index contributed by atoms with van der Waals surface area (Å²) in [6.45, 7) is 8.41. The normalized spacial score (nSPS) is 19.9. The van der Waals surface area contributed by atoms with Crippen molar-refractivity contribution in [3.05, 3.63) is 29.6 Å². The molecule has 0 aromatic heterocycles. The first-order chi connectivity index (χ1) is 8.73. The number of hydrogen-bond donors (Lipinski definition) is 3. The van der Waals surface area contributed by atoms with E-state index in [4.69, 9.17) is 5.84 Å². The number of amides is 1. The lowest BCUT2D eigenvalue weighted by molar-refractivity contribution is 0.0944. The van der Waals surface area contributed by atoms with Crippen LogP contribution in [0, 0.1) is 16.6 Å². The first-order valence-corrected chi connectivity index (χ1v) is 6.29. The van der Waals surface area contributed by atoms with Crippen LogP contribution in [0.15, 0.2) is 18.2 Å². The molecule has 1 amide bonds. The average Bonchev–Trinajstić information content (AvgIpc) is 2.71. The molecule has 0 radical (unpaired) electrons. The molecule has 0 unspecified atom stereocenters. The van der Waals surface area contributed by atoms with Crippen LogP contribution in [0.4, 0.5) is 10.1 Å². The maximum absolute atomic E-state index is 13.5. The van der Waals surface area contributed by atoms with Gasteiger partial charge < -0.3 is 10.7 Å². The fourth-order valence-corrected chi connectivity index (χ4v) is 2.63. The summed E-state index contributed by atoms with van der Waals surface area (Å²) in [6, 6.07) is 4.38. The number of anilines is 1. The van der Waals surface area contributed by atoms with Gasteiger partial charge in [0.1, 0.15) is 5.82 Å². The second-order valence-corrected chi connectivity index (χ2v) is 6.16. The summed E-state index contributed by atoms with van der Waals surface area (Å²) in [5, 5.41) is 2.95. The number of halogens is 1. The molecule has 104 valence electrons. The second kappa shape index (κ2) is 4.20. The zero-order valence-electron chi connectivity index (χ0n) is 11.7. The van der Waals surface area contributed by atoms with Gasteiger partial charge in [-0.2, -0.15) is 0 Å². The summed E-state index contributed by atoms with van der Waals surface area (Å²) in [5.41, 5.74) is 2.56. The Morgan fingerprint density at radius 2 is 1.84 bits per heavy atom. The van der Waals surface area contributed by atoms with Gasteiger partial charge in [-0.3, -0.25) is 10.6 Å². The highest BCUT2D eigenvalue weighted by Gasteiger charge is 2.65. The molecule has 1 fully saturated rings. The van der Waals surface area contributed by atoms with Crippen molar-refractivity contribution in [1.82, 2.24) is 5.32 Å². The molecule has 4 N–H and O–H groups in total. The number of hydrogen-bond acceptors (Lipinski definition) is 3. The van der Waals surface area contributed by atoms with Crippen LogP contribution in [0.3, 0.4) is 0 Å². The second-order valence-electron chi connectivity index (χ2n) is 6.16. The average molecular weight is 265 g/mol. The van der Waals surface area contributed by atoms with E-state index < -0.39 is 5.82 Å². The molecule has 19 heavy (non-hydrogen) atoms. The zero-order chi connectivity index (χ0) is 14.4. The van der Waals surface area contributed by atoms with E-state index in [2.05, 4.69) is 38.4 Å². The summed E-state index contributed by atoms with van der Waals surface area (Å²) >= 11 is 0. The third kappa shape index (κ3) is 1.98. The van der Waals surface area contributed by atoms with Crippen molar-refractivity contribution < 1.29 is 9.18 Å². The number of hydrazine groups is 1. The molecule has 1 aromatic carbocycles. The molecule has 2 rings (SSSR count). The van der Waals surface area contributed by atoms with Gasteiger partial charge in [-0.1, -0.05) is 33.8 Å². The van der Waals surface area contributed by atoms with Gasteiger partial charge in [0.05, 0.1) is 11.3 Å². The minimum Gasteiger partial charge on any atom is -0.348 e. The van der Waals surface area contributed by atoms with Crippen molar-refractivity contribution in [1.29, 1.82) is 0 Å². The van der Waals surface area contributed by atoms with Crippen molar-refractivity contribution >= 4 is 11.6 Å². The highest BCUT2D eigenvalue weighted by molar-refractivity contribution is 6.00. The molecule has 1 aliphatic carbocycles. The number of nitrogens with one attached hydrogen (secondary N) is 2. The Morgan fingerprint density at radius 1 is 1.26 bits per heavy atom. The van der Waals surface area contributed by atoms with Crippen LogP contribution in [0.1, 0.15) is 38.1 Å². The Labute approximate surface area is 112 Å². The number of benzene rings is 1. The molecule has 1 saturated carbocycles. The van der Waals surface area contributed by atoms with Gasteiger partial charge >= 0.3 is 0 Å².